The molecule has 0 atom stereocenters. The van der Waals surface area contributed by atoms with E-state index in [2.05, 4.69) is 10.3 Å². The fraction of sp³-hybridized carbons (Fsp3) is 0.143. The van der Waals surface area contributed by atoms with Crippen LogP contribution in [0.1, 0.15) is 0 Å². The van der Waals surface area contributed by atoms with Gasteiger partial charge in [-0.1, -0.05) is 11.6 Å². The third kappa shape index (κ3) is 2.28. The molecule has 0 fully saturated rings. The minimum atomic E-state index is -0.213. The molecule has 0 radical (unpaired) electrons. The second-order valence-electron chi connectivity index (χ2n) is 4.28. The van der Waals surface area contributed by atoms with Gasteiger partial charge in [-0.25, -0.2) is 0 Å². The quantitative estimate of drug-likeness (QED) is 0.924. The van der Waals surface area contributed by atoms with Gasteiger partial charge < -0.3 is 14.8 Å². The SMILES string of the molecule is COc1cncc(-c2cc(Cl)c3c(c2)OCC(=O)N3)c1. The number of pyridine rings is 1. The first-order chi connectivity index (χ1) is 9.67. The highest BCUT2D eigenvalue weighted by Crippen LogP contribution is 2.39. The molecule has 20 heavy (non-hydrogen) atoms. The van der Waals surface area contributed by atoms with Crippen molar-refractivity contribution < 1.29 is 14.3 Å². The molecular formula is C14H11ClN2O3. The van der Waals surface area contributed by atoms with Gasteiger partial charge in [-0.3, -0.25) is 9.78 Å². The van der Waals surface area contributed by atoms with Gasteiger partial charge in [-0.2, -0.15) is 0 Å². The Kier molecular flexibility index (Phi) is 3.20. The summed E-state index contributed by atoms with van der Waals surface area (Å²) in [5.41, 5.74) is 2.20. The van der Waals surface area contributed by atoms with Crippen LogP contribution in [0.4, 0.5) is 5.69 Å². The van der Waals surface area contributed by atoms with Crippen molar-refractivity contribution in [2.45, 2.75) is 0 Å². The summed E-state index contributed by atoms with van der Waals surface area (Å²) in [6.45, 7) is -0.0108. The van der Waals surface area contributed by atoms with Crippen molar-refractivity contribution in [2.75, 3.05) is 19.0 Å². The van der Waals surface area contributed by atoms with Crippen LogP contribution >= 0.6 is 11.6 Å². The number of hydrogen-bond donors (Lipinski definition) is 1. The van der Waals surface area contributed by atoms with E-state index in [1.54, 1.807) is 25.6 Å². The van der Waals surface area contributed by atoms with Crippen LogP contribution in [0.2, 0.25) is 5.02 Å². The first-order valence-corrected chi connectivity index (χ1v) is 6.31. The molecule has 0 saturated heterocycles. The number of benzene rings is 1. The average Bonchev–Trinajstić information content (AvgIpc) is 2.48. The van der Waals surface area contributed by atoms with Gasteiger partial charge in [0.15, 0.2) is 6.61 Å². The van der Waals surface area contributed by atoms with E-state index in [9.17, 15) is 4.79 Å². The van der Waals surface area contributed by atoms with Crippen LogP contribution < -0.4 is 14.8 Å². The first-order valence-electron chi connectivity index (χ1n) is 5.93. The van der Waals surface area contributed by atoms with E-state index in [0.29, 0.717) is 22.2 Å². The summed E-state index contributed by atoms with van der Waals surface area (Å²) in [4.78, 5) is 15.4. The summed E-state index contributed by atoms with van der Waals surface area (Å²) in [5, 5.41) is 3.12. The van der Waals surface area contributed by atoms with Crippen LogP contribution in [0.5, 0.6) is 11.5 Å². The number of halogens is 1. The Morgan fingerprint density at radius 2 is 2.15 bits per heavy atom. The minimum absolute atomic E-state index is 0.0108. The Balaban J connectivity index is 2.07. The number of ether oxygens (including phenoxy) is 2. The molecule has 0 aliphatic carbocycles. The number of nitrogens with zero attached hydrogens (tertiary/aromatic N) is 1. The summed E-state index contributed by atoms with van der Waals surface area (Å²) in [6, 6.07) is 5.43. The van der Waals surface area contributed by atoms with Crippen LogP contribution in [0.25, 0.3) is 11.1 Å². The van der Waals surface area contributed by atoms with Crippen molar-refractivity contribution in [3.05, 3.63) is 35.6 Å². The summed E-state index contributed by atoms with van der Waals surface area (Å²) in [6.07, 6.45) is 3.34. The number of hydrogen-bond acceptors (Lipinski definition) is 4. The maximum Gasteiger partial charge on any atom is 0.262 e. The van der Waals surface area contributed by atoms with E-state index in [-0.39, 0.29) is 12.5 Å². The molecule has 1 aromatic carbocycles. The zero-order chi connectivity index (χ0) is 14.1. The number of fused-ring (bicyclic) bond motifs is 1. The molecule has 1 aliphatic heterocycles. The van der Waals surface area contributed by atoms with Crippen molar-refractivity contribution >= 4 is 23.2 Å². The summed E-state index contributed by atoms with van der Waals surface area (Å²) in [7, 11) is 1.58. The molecule has 3 rings (SSSR count). The molecule has 1 aliphatic rings. The maximum absolute atomic E-state index is 11.3. The zero-order valence-electron chi connectivity index (χ0n) is 10.6. The van der Waals surface area contributed by atoms with E-state index < -0.39 is 0 Å². The van der Waals surface area contributed by atoms with Gasteiger partial charge in [0, 0.05) is 11.8 Å². The molecule has 2 heterocycles. The van der Waals surface area contributed by atoms with Gasteiger partial charge >= 0.3 is 0 Å². The Morgan fingerprint density at radius 1 is 1.30 bits per heavy atom. The highest BCUT2D eigenvalue weighted by Gasteiger charge is 2.20. The van der Waals surface area contributed by atoms with Gasteiger partial charge in [0.25, 0.3) is 5.91 Å². The van der Waals surface area contributed by atoms with Gasteiger partial charge in [0.2, 0.25) is 0 Å². The summed E-state index contributed by atoms with van der Waals surface area (Å²) < 4.78 is 10.5. The van der Waals surface area contributed by atoms with Crippen LogP contribution in [0.3, 0.4) is 0 Å². The monoisotopic (exact) mass is 290 g/mol. The molecule has 6 heteroatoms. The number of carbonyl (C=O) groups is 1. The molecule has 1 N–H and O–H groups in total. The highest BCUT2D eigenvalue weighted by atomic mass is 35.5. The number of anilines is 1. The topological polar surface area (TPSA) is 60.5 Å². The first kappa shape index (κ1) is 12.7. The number of nitrogens with one attached hydrogen (secondary N) is 1. The van der Waals surface area contributed by atoms with E-state index in [0.717, 1.165) is 11.1 Å². The fourth-order valence-corrected chi connectivity index (χ4v) is 2.25. The Bertz CT molecular complexity index is 688. The third-order valence-corrected chi connectivity index (χ3v) is 3.26. The normalized spacial score (nSPS) is 13.2. The van der Waals surface area contributed by atoms with E-state index >= 15 is 0 Å². The average molecular weight is 291 g/mol. The predicted molar refractivity (Wildman–Crippen MR) is 75.4 cm³/mol. The minimum Gasteiger partial charge on any atom is -0.495 e. The lowest BCUT2D eigenvalue weighted by molar-refractivity contribution is -0.118. The highest BCUT2D eigenvalue weighted by molar-refractivity contribution is 6.34. The van der Waals surface area contributed by atoms with Gasteiger partial charge in [-0.15, -0.1) is 0 Å². The number of aromatic nitrogens is 1. The third-order valence-electron chi connectivity index (χ3n) is 2.96. The second-order valence-corrected chi connectivity index (χ2v) is 4.69. The van der Waals surface area contributed by atoms with Crippen molar-refractivity contribution in [1.82, 2.24) is 4.98 Å². The second kappa shape index (κ2) is 5.02. The lowest BCUT2D eigenvalue weighted by Gasteiger charge is -2.20. The number of amides is 1. The molecule has 5 nitrogen and oxygen atoms in total. The molecular weight excluding hydrogens is 280 g/mol. The largest absolute Gasteiger partial charge is 0.495 e. The Hall–Kier alpha value is -2.27. The van der Waals surface area contributed by atoms with E-state index in [1.165, 1.54) is 0 Å². The molecule has 0 saturated carbocycles. The number of methoxy groups -OCH3 is 1. The summed E-state index contributed by atoms with van der Waals surface area (Å²) in [5.74, 6) is 0.996. The molecule has 0 bridgehead atoms. The van der Waals surface area contributed by atoms with Crippen molar-refractivity contribution in [3.63, 3.8) is 0 Å². The lowest BCUT2D eigenvalue weighted by atomic mass is 10.1. The smallest absolute Gasteiger partial charge is 0.262 e. The number of carbonyl (C=O) groups excluding carboxylic acids is 1. The van der Waals surface area contributed by atoms with Gasteiger partial charge in [0.1, 0.15) is 17.2 Å². The van der Waals surface area contributed by atoms with Crippen molar-refractivity contribution in [2.24, 2.45) is 0 Å². The van der Waals surface area contributed by atoms with Crippen molar-refractivity contribution in [1.29, 1.82) is 0 Å². The van der Waals surface area contributed by atoms with Crippen LogP contribution in [0.15, 0.2) is 30.6 Å². The molecule has 0 unspecified atom stereocenters. The summed E-state index contributed by atoms with van der Waals surface area (Å²) >= 11 is 6.19. The molecule has 0 spiro atoms. The zero-order valence-corrected chi connectivity index (χ0v) is 11.4. The van der Waals surface area contributed by atoms with E-state index in [1.807, 2.05) is 12.1 Å². The Morgan fingerprint density at radius 3 is 2.95 bits per heavy atom. The van der Waals surface area contributed by atoms with Gasteiger partial charge in [-0.05, 0) is 23.8 Å². The standard InChI is InChI=1S/C14H11ClN2O3/c1-19-10-2-9(5-16-6-10)8-3-11(15)14-12(4-8)20-7-13(18)17-14/h2-6H,7H2,1H3,(H,17,18). The van der Waals surface area contributed by atoms with Crippen molar-refractivity contribution in [3.8, 4) is 22.6 Å². The van der Waals surface area contributed by atoms with E-state index in [4.69, 9.17) is 21.1 Å². The molecule has 1 amide bonds. The molecule has 2 aromatic rings. The fourth-order valence-electron chi connectivity index (χ4n) is 1.99. The van der Waals surface area contributed by atoms with Crippen LogP contribution in [-0.2, 0) is 4.79 Å². The molecule has 102 valence electrons. The van der Waals surface area contributed by atoms with Crippen LogP contribution in [0, 0.1) is 0 Å². The predicted octanol–water partition coefficient (Wildman–Crippen LogP) is 2.74. The lowest BCUT2D eigenvalue weighted by Crippen LogP contribution is -2.25. The number of rotatable bonds is 2. The molecule has 1 aromatic heterocycles. The maximum atomic E-state index is 11.3. The van der Waals surface area contributed by atoms with Gasteiger partial charge in [0.05, 0.1) is 18.3 Å². The van der Waals surface area contributed by atoms with Crippen LogP contribution in [-0.4, -0.2) is 24.6 Å². The Labute approximate surface area is 120 Å².